The molecule has 1 aliphatic rings. The van der Waals surface area contributed by atoms with Gasteiger partial charge in [-0.25, -0.2) is 0 Å². The van der Waals surface area contributed by atoms with Crippen molar-refractivity contribution in [3.63, 3.8) is 0 Å². The number of pyridine rings is 1. The second kappa shape index (κ2) is 4.35. The highest BCUT2D eigenvalue weighted by Gasteiger charge is 2.11. The van der Waals surface area contributed by atoms with Gasteiger partial charge in [-0.05, 0) is 54.5 Å². The summed E-state index contributed by atoms with van der Waals surface area (Å²) in [7, 11) is 0. The Labute approximate surface area is 96.2 Å². The zero-order valence-electron chi connectivity index (χ0n) is 9.70. The Morgan fingerprint density at radius 3 is 3.00 bits per heavy atom. The van der Waals surface area contributed by atoms with E-state index in [1.165, 1.54) is 22.3 Å². The van der Waals surface area contributed by atoms with Crippen molar-refractivity contribution in [3.8, 4) is 0 Å². The number of aromatic nitrogens is 1. The number of hydrogen-bond acceptors (Lipinski definition) is 2. The molecule has 2 rings (SSSR count). The van der Waals surface area contributed by atoms with Gasteiger partial charge in [0, 0.05) is 12.6 Å². The van der Waals surface area contributed by atoms with E-state index in [0.29, 0.717) is 0 Å². The van der Waals surface area contributed by atoms with Gasteiger partial charge in [-0.15, -0.1) is 0 Å². The number of hydrogen-bond donors (Lipinski definition) is 1. The Bertz CT molecular complexity index is 493. The van der Waals surface area contributed by atoms with Gasteiger partial charge in [0.05, 0.1) is 5.69 Å². The summed E-state index contributed by atoms with van der Waals surface area (Å²) in [6, 6.07) is 2.05. The molecule has 16 heavy (non-hydrogen) atoms. The zero-order valence-corrected chi connectivity index (χ0v) is 9.70. The van der Waals surface area contributed by atoms with E-state index in [-0.39, 0.29) is 0 Å². The van der Waals surface area contributed by atoms with Gasteiger partial charge in [0.1, 0.15) is 0 Å². The van der Waals surface area contributed by atoms with Gasteiger partial charge in [0.15, 0.2) is 0 Å². The fourth-order valence-corrected chi connectivity index (χ4v) is 1.94. The van der Waals surface area contributed by atoms with Crippen molar-refractivity contribution >= 4 is 6.08 Å². The molecule has 0 radical (unpaired) electrons. The number of rotatable bonds is 1. The predicted molar refractivity (Wildman–Crippen MR) is 67.7 cm³/mol. The SMILES string of the molecule is CC(/C=C\N)=C1\C=Cc2c(C)ccnc2C1. The minimum Gasteiger partial charge on any atom is -0.405 e. The molecule has 2 heteroatoms. The van der Waals surface area contributed by atoms with Crippen LogP contribution in [0.25, 0.3) is 6.08 Å². The molecule has 0 saturated carbocycles. The maximum absolute atomic E-state index is 5.40. The Morgan fingerprint density at radius 2 is 2.25 bits per heavy atom. The highest BCUT2D eigenvalue weighted by Crippen LogP contribution is 2.25. The summed E-state index contributed by atoms with van der Waals surface area (Å²) in [6.07, 6.45) is 10.6. The third kappa shape index (κ3) is 1.91. The first-order chi connectivity index (χ1) is 7.72. The molecule has 0 aliphatic heterocycles. The second-order valence-electron chi connectivity index (χ2n) is 4.07. The molecule has 0 unspecified atom stereocenters. The van der Waals surface area contributed by atoms with Crippen LogP contribution in [0.5, 0.6) is 0 Å². The van der Waals surface area contributed by atoms with Crippen LogP contribution in [0.3, 0.4) is 0 Å². The maximum Gasteiger partial charge on any atom is 0.0522 e. The van der Waals surface area contributed by atoms with Crippen LogP contribution in [-0.4, -0.2) is 4.98 Å². The van der Waals surface area contributed by atoms with E-state index in [2.05, 4.69) is 31.0 Å². The van der Waals surface area contributed by atoms with Crippen molar-refractivity contribution in [2.75, 3.05) is 0 Å². The molecule has 2 nitrogen and oxygen atoms in total. The van der Waals surface area contributed by atoms with E-state index < -0.39 is 0 Å². The van der Waals surface area contributed by atoms with Crippen molar-refractivity contribution in [2.45, 2.75) is 20.3 Å². The second-order valence-corrected chi connectivity index (χ2v) is 4.07. The van der Waals surface area contributed by atoms with Gasteiger partial charge in [0.25, 0.3) is 0 Å². The molecule has 0 aromatic carbocycles. The highest BCUT2D eigenvalue weighted by molar-refractivity contribution is 5.63. The first-order valence-electron chi connectivity index (χ1n) is 5.43. The summed E-state index contributed by atoms with van der Waals surface area (Å²) in [5.41, 5.74) is 11.6. The molecule has 1 aromatic heterocycles. The van der Waals surface area contributed by atoms with E-state index >= 15 is 0 Å². The fourth-order valence-electron chi connectivity index (χ4n) is 1.94. The number of allylic oxidation sites excluding steroid dienone is 4. The molecule has 0 saturated heterocycles. The number of fused-ring (bicyclic) bond motifs is 1. The first kappa shape index (κ1) is 10.7. The summed E-state index contributed by atoms with van der Waals surface area (Å²) >= 11 is 0. The quantitative estimate of drug-likeness (QED) is 0.777. The van der Waals surface area contributed by atoms with E-state index in [9.17, 15) is 0 Å². The van der Waals surface area contributed by atoms with Crippen molar-refractivity contribution in [3.05, 3.63) is 58.6 Å². The van der Waals surface area contributed by atoms with Crippen molar-refractivity contribution in [1.29, 1.82) is 0 Å². The van der Waals surface area contributed by atoms with Gasteiger partial charge < -0.3 is 5.73 Å². The lowest BCUT2D eigenvalue weighted by atomic mass is 9.93. The van der Waals surface area contributed by atoms with Crippen LogP contribution in [-0.2, 0) is 6.42 Å². The molecule has 1 aromatic rings. The molecular formula is C14H16N2. The van der Waals surface area contributed by atoms with E-state index in [1.54, 1.807) is 6.20 Å². The molecule has 1 heterocycles. The highest BCUT2D eigenvalue weighted by atomic mass is 14.7. The minimum absolute atomic E-state index is 0.893. The molecule has 0 spiro atoms. The van der Waals surface area contributed by atoms with Crippen LogP contribution in [0.4, 0.5) is 0 Å². The molecule has 2 N–H and O–H groups in total. The van der Waals surface area contributed by atoms with Crippen molar-refractivity contribution in [1.82, 2.24) is 4.98 Å². The van der Waals surface area contributed by atoms with Crippen LogP contribution in [0, 0.1) is 6.92 Å². The average molecular weight is 212 g/mol. The largest absolute Gasteiger partial charge is 0.405 e. The summed E-state index contributed by atoms with van der Waals surface area (Å²) in [5.74, 6) is 0. The van der Waals surface area contributed by atoms with E-state index in [0.717, 1.165) is 12.1 Å². The van der Waals surface area contributed by atoms with Crippen LogP contribution in [0.1, 0.15) is 23.7 Å². The van der Waals surface area contributed by atoms with Crippen molar-refractivity contribution < 1.29 is 0 Å². The molecule has 0 amide bonds. The summed E-state index contributed by atoms with van der Waals surface area (Å²) in [6.45, 7) is 4.19. The normalized spacial score (nSPS) is 17.6. The molecular weight excluding hydrogens is 196 g/mol. The number of nitrogens with two attached hydrogens (primary N) is 1. The van der Waals surface area contributed by atoms with E-state index in [4.69, 9.17) is 5.73 Å². The topological polar surface area (TPSA) is 38.9 Å². The Morgan fingerprint density at radius 1 is 1.44 bits per heavy atom. The smallest absolute Gasteiger partial charge is 0.0522 e. The monoisotopic (exact) mass is 212 g/mol. The van der Waals surface area contributed by atoms with Crippen LogP contribution in [0.15, 0.2) is 41.8 Å². The standard InChI is InChI=1S/C14H16N2/c1-10(5-7-15)12-3-4-13-11(2)6-8-16-14(13)9-12/h3-8H,9,15H2,1-2H3/b7-5-,12-10-. The molecule has 0 fully saturated rings. The van der Waals surface area contributed by atoms with Gasteiger partial charge in [0.2, 0.25) is 0 Å². The predicted octanol–water partition coefficient (Wildman–Crippen LogP) is 2.75. The minimum atomic E-state index is 0.893. The fraction of sp³-hybridized carbons (Fsp3) is 0.214. The first-order valence-corrected chi connectivity index (χ1v) is 5.43. The Hall–Kier alpha value is -1.83. The van der Waals surface area contributed by atoms with Gasteiger partial charge in [-0.2, -0.15) is 0 Å². The third-order valence-corrected chi connectivity index (χ3v) is 2.95. The summed E-state index contributed by atoms with van der Waals surface area (Å²) in [5, 5.41) is 0. The molecule has 82 valence electrons. The van der Waals surface area contributed by atoms with Gasteiger partial charge in [-0.1, -0.05) is 12.2 Å². The molecule has 0 bridgehead atoms. The summed E-state index contributed by atoms with van der Waals surface area (Å²) < 4.78 is 0. The van der Waals surface area contributed by atoms with Crippen LogP contribution < -0.4 is 5.73 Å². The Balaban J connectivity index is 2.43. The van der Waals surface area contributed by atoms with Crippen molar-refractivity contribution in [2.24, 2.45) is 5.73 Å². The lowest BCUT2D eigenvalue weighted by molar-refractivity contribution is 1.03. The zero-order chi connectivity index (χ0) is 11.5. The van der Waals surface area contributed by atoms with Gasteiger partial charge >= 0.3 is 0 Å². The van der Waals surface area contributed by atoms with Crippen LogP contribution in [0.2, 0.25) is 0 Å². The Kier molecular flexibility index (Phi) is 2.91. The van der Waals surface area contributed by atoms with E-state index in [1.807, 2.05) is 18.3 Å². The maximum atomic E-state index is 5.40. The summed E-state index contributed by atoms with van der Waals surface area (Å²) in [4.78, 5) is 4.43. The lowest BCUT2D eigenvalue weighted by Gasteiger charge is -2.15. The number of aryl methyl sites for hydroxylation is 1. The lowest BCUT2D eigenvalue weighted by Crippen LogP contribution is -2.03. The molecule has 1 aliphatic carbocycles. The average Bonchev–Trinajstić information content (AvgIpc) is 2.29. The third-order valence-electron chi connectivity index (χ3n) is 2.95. The number of nitrogens with zero attached hydrogens (tertiary/aromatic N) is 1. The molecule has 0 atom stereocenters. The van der Waals surface area contributed by atoms with Crippen LogP contribution >= 0.6 is 0 Å². The van der Waals surface area contributed by atoms with Gasteiger partial charge in [-0.3, -0.25) is 4.98 Å².